The summed E-state index contributed by atoms with van der Waals surface area (Å²) >= 11 is 0. The summed E-state index contributed by atoms with van der Waals surface area (Å²) < 4.78 is 16.0. The summed E-state index contributed by atoms with van der Waals surface area (Å²) in [5.74, 6) is 1.12. The standard InChI is InChI=1S/C21H24N4O4/c1-24(14-17-13-20(29-23-17)19-3-2-10-28-19)15-21(26)22-16-4-6-18(7-5-16)25-8-11-27-12-9-25/h2-7,10,13H,8-9,11-12,14-15H2,1H3,(H,22,26). The number of hydrogen-bond donors (Lipinski definition) is 1. The van der Waals surface area contributed by atoms with Crippen molar-refractivity contribution in [1.29, 1.82) is 0 Å². The van der Waals surface area contributed by atoms with Crippen LogP contribution < -0.4 is 10.2 Å². The maximum absolute atomic E-state index is 12.4. The van der Waals surface area contributed by atoms with Gasteiger partial charge in [-0.1, -0.05) is 5.16 Å². The maximum Gasteiger partial charge on any atom is 0.238 e. The Hall–Kier alpha value is -3.10. The van der Waals surface area contributed by atoms with E-state index < -0.39 is 0 Å². The van der Waals surface area contributed by atoms with Crippen LogP contribution in [-0.4, -0.2) is 55.9 Å². The predicted molar refractivity (Wildman–Crippen MR) is 109 cm³/mol. The van der Waals surface area contributed by atoms with Gasteiger partial charge in [0.15, 0.2) is 5.76 Å². The molecule has 8 nitrogen and oxygen atoms in total. The first-order valence-corrected chi connectivity index (χ1v) is 9.58. The Kier molecular flexibility index (Phi) is 5.92. The molecule has 0 saturated carbocycles. The van der Waals surface area contributed by atoms with Gasteiger partial charge >= 0.3 is 0 Å². The molecule has 1 aromatic carbocycles. The average molecular weight is 396 g/mol. The summed E-state index contributed by atoms with van der Waals surface area (Å²) in [4.78, 5) is 16.5. The van der Waals surface area contributed by atoms with Crippen LogP contribution in [0.3, 0.4) is 0 Å². The van der Waals surface area contributed by atoms with Crippen molar-refractivity contribution < 1.29 is 18.5 Å². The van der Waals surface area contributed by atoms with Gasteiger partial charge in [-0.3, -0.25) is 9.69 Å². The summed E-state index contributed by atoms with van der Waals surface area (Å²) in [7, 11) is 1.86. The number of aromatic nitrogens is 1. The number of ether oxygens (including phenoxy) is 1. The van der Waals surface area contributed by atoms with E-state index in [0.29, 0.717) is 18.1 Å². The molecule has 29 heavy (non-hydrogen) atoms. The SMILES string of the molecule is CN(CC(=O)Nc1ccc(N2CCOCC2)cc1)Cc1cc(-c2ccco2)on1. The highest BCUT2D eigenvalue weighted by molar-refractivity contribution is 5.92. The van der Waals surface area contributed by atoms with Gasteiger partial charge in [-0.15, -0.1) is 0 Å². The number of likely N-dealkylation sites (N-methyl/N-ethyl adjacent to an activating group) is 1. The zero-order valence-corrected chi connectivity index (χ0v) is 16.3. The Morgan fingerprint density at radius 1 is 1.17 bits per heavy atom. The number of benzene rings is 1. The summed E-state index contributed by atoms with van der Waals surface area (Å²) in [5.41, 5.74) is 2.66. The topological polar surface area (TPSA) is 84.0 Å². The number of furan rings is 1. The molecule has 0 spiro atoms. The summed E-state index contributed by atoms with van der Waals surface area (Å²) in [5, 5.41) is 6.97. The molecule has 0 radical (unpaired) electrons. The number of hydrogen-bond acceptors (Lipinski definition) is 7. The van der Waals surface area contributed by atoms with Crippen molar-refractivity contribution in [2.75, 3.05) is 50.1 Å². The predicted octanol–water partition coefficient (Wildman–Crippen LogP) is 2.84. The molecule has 2 aromatic heterocycles. The Bertz CT molecular complexity index is 915. The van der Waals surface area contributed by atoms with Gasteiger partial charge in [0, 0.05) is 37.1 Å². The van der Waals surface area contributed by atoms with E-state index in [4.69, 9.17) is 13.7 Å². The molecule has 0 atom stereocenters. The number of nitrogens with one attached hydrogen (secondary N) is 1. The third-order valence-electron chi connectivity index (χ3n) is 4.70. The minimum Gasteiger partial charge on any atom is -0.461 e. The molecule has 0 bridgehead atoms. The third-order valence-corrected chi connectivity index (χ3v) is 4.70. The molecule has 1 aliphatic rings. The van der Waals surface area contributed by atoms with E-state index in [1.165, 1.54) is 0 Å². The molecule has 1 N–H and O–H groups in total. The first-order chi connectivity index (χ1) is 14.2. The summed E-state index contributed by atoms with van der Waals surface area (Å²) in [6.07, 6.45) is 1.58. The largest absolute Gasteiger partial charge is 0.461 e. The van der Waals surface area contributed by atoms with E-state index in [9.17, 15) is 4.79 Å². The van der Waals surface area contributed by atoms with E-state index >= 15 is 0 Å². The number of carbonyl (C=O) groups excluding carboxylic acids is 1. The lowest BCUT2D eigenvalue weighted by molar-refractivity contribution is -0.117. The number of morpholine rings is 1. The Morgan fingerprint density at radius 3 is 2.69 bits per heavy atom. The molecule has 0 aliphatic carbocycles. The molecular weight excluding hydrogens is 372 g/mol. The van der Waals surface area contributed by atoms with Gasteiger partial charge in [0.25, 0.3) is 0 Å². The molecule has 1 saturated heterocycles. The van der Waals surface area contributed by atoms with Gasteiger partial charge in [-0.2, -0.15) is 0 Å². The van der Waals surface area contributed by atoms with Crippen molar-refractivity contribution in [3.8, 4) is 11.5 Å². The van der Waals surface area contributed by atoms with Crippen molar-refractivity contribution in [1.82, 2.24) is 10.1 Å². The number of carbonyl (C=O) groups is 1. The Morgan fingerprint density at radius 2 is 1.97 bits per heavy atom. The lowest BCUT2D eigenvalue weighted by Crippen LogP contribution is -2.36. The van der Waals surface area contributed by atoms with Crippen molar-refractivity contribution in [2.24, 2.45) is 0 Å². The molecule has 1 fully saturated rings. The third kappa shape index (κ3) is 5.04. The number of rotatable bonds is 7. The van der Waals surface area contributed by atoms with Gasteiger partial charge in [-0.25, -0.2) is 0 Å². The molecule has 152 valence electrons. The highest BCUT2D eigenvalue weighted by Gasteiger charge is 2.14. The van der Waals surface area contributed by atoms with Gasteiger partial charge in [0.1, 0.15) is 0 Å². The first kappa shape index (κ1) is 19.2. The lowest BCUT2D eigenvalue weighted by Gasteiger charge is -2.28. The van der Waals surface area contributed by atoms with E-state index in [0.717, 1.165) is 43.4 Å². The van der Waals surface area contributed by atoms with Crippen LogP contribution in [0.15, 0.2) is 57.7 Å². The van der Waals surface area contributed by atoms with Gasteiger partial charge in [-0.05, 0) is 43.4 Å². The minimum absolute atomic E-state index is 0.0821. The second-order valence-electron chi connectivity index (χ2n) is 7.03. The maximum atomic E-state index is 12.4. The van der Waals surface area contributed by atoms with Crippen LogP contribution >= 0.6 is 0 Å². The summed E-state index contributed by atoms with van der Waals surface area (Å²) in [6.45, 7) is 4.01. The van der Waals surface area contributed by atoms with Crippen molar-refractivity contribution in [3.63, 3.8) is 0 Å². The van der Waals surface area contributed by atoms with E-state index in [2.05, 4.69) is 15.4 Å². The van der Waals surface area contributed by atoms with Crippen LogP contribution in [0.25, 0.3) is 11.5 Å². The Balaban J connectivity index is 1.26. The molecule has 4 rings (SSSR count). The van der Waals surface area contributed by atoms with E-state index in [1.54, 1.807) is 12.3 Å². The van der Waals surface area contributed by atoms with Crippen LogP contribution in [0.4, 0.5) is 11.4 Å². The van der Waals surface area contributed by atoms with Crippen molar-refractivity contribution in [3.05, 3.63) is 54.4 Å². The second-order valence-corrected chi connectivity index (χ2v) is 7.03. The van der Waals surface area contributed by atoms with Crippen LogP contribution in [0.2, 0.25) is 0 Å². The fourth-order valence-corrected chi connectivity index (χ4v) is 3.28. The molecule has 3 aromatic rings. The highest BCUT2D eigenvalue weighted by atomic mass is 16.5. The monoisotopic (exact) mass is 396 g/mol. The Labute approximate surface area is 169 Å². The second kappa shape index (κ2) is 8.93. The van der Waals surface area contributed by atoms with Gasteiger partial charge < -0.3 is 23.9 Å². The normalized spacial score (nSPS) is 14.3. The highest BCUT2D eigenvalue weighted by Crippen LogP contribution is 2.21. The van der Waals surface area contributed by atoms with Crippen LogP contribution in [-0.2, 0) is 16.1 Å². The van der Waals surface area contributed by atoms with Gasteiger partial charge in [0.05, 0.1) is 31.7 Å². The van der Waals surface area contributed by atoms with Crippen molar-refractivity contribution in [2.45, 2.75) is 6.54 Å². The van der Waals surface area contributed by atoms with Gasteiger partial charge in [0.2, 0.25) is 11.7 Å². The molecule has 1 aliphatic heterocycles. The average Bonchev–Trinajstić information content (AvgIpc) is 3.41. The zero-order chi connectivity index (χ0) is 20.1. The number of anilines is 2. The molecule has 8 heteroatoms. The zero-order valence-electron chi connectivity index (χ0n) is 16.3. The molecular formula is C21H24N4O4. The number of amides is 1. The van der Waals surface area contributed by atoms with Crippen LogP contribution in [0.5, 0.6) is 0 Å². The summed E-state index contributed by atoms with van der Waals surface area (Å²) in [6, 6.07) is 13.3. The fraction of sp³-hybridized carbons (Fsp3) is 0.333. The van der Waals surface area contributed by atoms with Crippen LogP contribution in [0, 0.1) is 0 Å². The minimum atomic E-state index is -0.0821. The number of nitrogens with zero attached hydrogens (tertiary/aromatic N) is 3. The smallest absolute Gasteiger partial charge is 0.238 e. The van der Waals surface area contributed by atoms with E-state index in [-0.39, 0.29) is 12.5 Å². The van der Waals surface area contributed by atoms with Crippen molar-refractivity contribution >= 4 is 17.3 Å². The quantitative estimate of drug-likeness (QED) is 0.657. The van der Waals surface area contributed by atoms with Crippen LogP contribution in [0.1, 0.15) is 5.69 Å². The molecule has 1 amide bonds. The fourth-order valence-electron chi connectivity index (χ4n) is 3.28. The first-order valence-electron chi connectivity index (χ1n) is 9.58. The molecule has 3 heterocycles. The lowest BCUT2D eigenvalue weighted by atomic mass is 10.2. The van der Waals surface area contributed by atoms with E-state index in [1.807, 2.05) is 48.3 Å². The molecule has 0 unspecified atom stereocenters.